The Balaban J connectivity index is 2.89. The van der Waals surface area contributed by atoms with Crippen LogP contribution in [0.4, 0.5) is 0 Å². The van der Waals surface area contributed by atoms with Gasteiger partial charge in [0, 0.05) is 12.4 Å². The van der Waals surface area contributed by atoms with E-state index in [0.717, 1.165) is 6.08 Å². The number of hydrogen-bond donors (Lipinski definition) is 2. The molecule has 62 valence electrons. The smallest absolute Gasteiger partial charge is 0.370 e. The summed E-state index contributed by atoms with van der Waals surface area (Å²) in [5, 5.41) is 17.1. The van der Waals surface area contributed by atoms with E-state index >= 15 is 0 Å². The van der Waals surface area contributed by atoms with E-state index in [1.54, 1.807) is 12.1 Å². The molecule has 0 bridgehead atoms. The zero-order valence-corrected chi connectivity index (χ0v) is 6.14. The number of hydrogen-bond acceptors (Lipinski definition) is 3. The Morgan fingerprint density at radius 3 is 2.42 bits per heavy atom. The van der Waals surface area contributed by atoms with Gasteiger partial charge in [-0.25, -0.2) is 4.79 Å². The zero-order valence-electron chi connectivity index (χ0n) is 6.14. The summed E-state index contributed by atoms with van der Waals surface area (Å²) in [6.07, 6.45) is 4.19. The molecular weight excluding hydrogens is 158 g/mol. The van der Waals surface area contributed by atoms with Crippen LogP contribution in [0.25, 0.3) is 6.08 Å². The number of aliphatic hydroxyl groups is 1. The van der Waals surface area contributed by atoms with Crippen molar-refractivity contribution in [2.45, 2.75) is 0 Å². The standard InChI is InChI=1S/C8H7NO3/c10-7(8(11)12)5-6-1-3-9-4-2-6/h1-5,10H,(H,11,12). The number of rotatable bonds is 2. The Morgan fingerprint density at radius 2 is 1.92 bits per heavy atom. The first-order valence-electron chi connectivity index (χ1n) is 3.24. The van der Waals surface area contributed by atoms with Gasteiger partial charge in [0.2, 0.25) is 5.76 Å². The Hall–Kier alpha value is -1.84. The van der Waals surface area contributed by atoms with E-state index in [-0.39, 0.29) is 0 Å². The van der Waals surface area contributed by atoms with Gasteiger partial charge in [-0.05, 0) is 23.8 Å². The van der Waals surface area contributed by atoms with Gasteiger partial charge >= 0.3 is 5.97 Å². The third-order valence-electron chi connectivity index (χ3n) is 1.23. The molecule has 0 spiro atoms. The highest BCUT2D eigenvalue weighted by Crippen LogP contribution is 2.02. The summed E-state index contributed by atoms with van der Waals surface area (Å²) in [5.41, 5.74) is 0.602. The lowest BCUT2D eigenvalue weighted by Gasteiger charge is -1.92. The normalized spacial score (nSPS) is 11.2. The first-order valence-corrected chi connectivity index (χ1v) is 3.24. The third kappa shape index (κ3) is 2.09. The molecule has 0 unspecified atom stereocenters. The van der Waals surface area contributed by atoms with Crippen LogP contribution in [-0.2, 0) is 4.79 Å². The molecule has 1 heterocycles. The number of aromatic nitrogens is 1. The number of carboxylic acids is 1. The number of aliphatic hydroxyl groups excluding tert-OH is 1. The van der Waals surface area contributed by atoms with Gasteiger partial charge in [0.05, 0.1) is 0 Å². The van der Waals surface area contributed by atoms with Crippen molar-refractivity contribution in [1.29, 1.82) is 0 Å². The van der Waals surface area contributed by atoms with E-state index in [0.29, 0.717) is 5.56 Å². The maximum absolute atomic E-state index is 10.2. The summed E-state index contributed by atoms with van der Waals surface area (Å²) in [4.78, 5) is 13.9. The van der Waals surface area contributed by atoms with Crippen LogP contribution in [0.15, 0.2) is 30.3 Å². The van der Waals surface area contributed by atoms with E-state index in [1.807, 2.05) is 0 Å². The van der Waals surface area contributed by atoms with Crippen LogP contribution in [0, 0.1) is 0 Å². The van der Waals surface area contributed by atoms with Crippen LogP contribution >= 0.6 is 0 Å². The second kappa shape index (κ2) is 3.52. The molecular formula is C8H7NO3. The second-order valence-corrected chi connectivity index (χ2v) is 2.12. The molecule has 1 aromatic rings. The topological polar surface area (TPSA) is 70.4 Å². The van der Waals surface area contributed by atoms with Crippen molar-refractivity contribution in [3.8, 4) is 0 Å². The summed E-state index contributed by atoms with van der Waals surface area (Å²) in [5.74, 6) is -2.02. The fourth-order valence-corrected chi connectivity index (χ4v) is 0.679. The lowest BCUT2D eigenvalue weighted by atomic mass is 10.2. The molecule has 0 aliphatic rings. The molecule has 0 amide bonds. The minimum atomic E-state index is -1.34. The van der Waals surface area contributed by atoms with Gasteiger partial charge in [-0.2, -0.15) is 0 Å². The van der Waals surface area contributed by atoms with Gasteiger partial charge in [0.1, 0.15) is 0 Å². The van der Waals surface area contributed by atoms with Gasteiger partial charge in [-0.1, -0.05) is 0 Å². The molecule has 4 heteroatoms. The fraction of sp³-hybridized carbons (Fsp3) is 0. The minimum absolute atomic E-state index is 0.602. The minimum Gasteiger partial charge on any atom is -0.502 e. The number of carbonyl (C=O) groups is 1. The largest absolute Gasteiger partial charge is 0.502 e. The van der Waals surface area contributed by atoms with Crippen molar-refractivity contribution in [3.05, 3.63) is 35.8 Å². The molecule has 0 atom stereocenters. The van der Waals surface area contributed by atoms with Gasteiger partial charge in [0.15, 0.2) is 0 Å². The Morgan fingerprint density at radius 1 is 1.33 bits per heavy atom. The lowest BCUT2D eigenvalue weighted by molar-refractivity contribution is -0.135. The zero-order chi connectivity index (χ0) is 8.97. The van der Waals surface area contributed by atoms with Gasteiger partial charge < -0.3 is 10.2 Å². The van der Waals surface area contributed by atoms with Crippen LogP contribution in [-0.4, -0.2) is 21.2 Å². The van der Waals surface area contributed by atoms with Crippen molar-refractivity contribution in [3.63, 3.8) is 0 Å². The molecule has 1 rings (SSSR count). The average molecular weight is 165 g/mol. The van der Waals surface area contributed by atoms with E-state index in [4.69, 9.17) is 10.2 Å². The lowest BCUT2D eigenvalue weighted by Crippen LogP contribution is -1.98. The molecule has 0 fully saturated rings. The summed E-state index contributed by atoms with van der Waals surface area (Å²) < 4.78 is 0. The highest BCUT2D eigenvalue weighted by atomic mass is 16.4. The van der Waals surface area contributed by atoms with Crippen molar-refractivity contribution < 1.29 is 15.0 Å². The molecule has 0 radical (unpaired) electrons. The number of aliphatic carboxylic acids is 1. The molecule has 0 aliphatic heterocycles. The molecule has 0 saturated heterocycles. The van der Waals surface area contributed by atoms with Crippen molar-refractivity contribution >= 4 is 12.0 Å². The molecule has 1 aromatic heterocycles. The predicted molar refractivity (Wildman–Crippen MR) is 42.5 cm³/mol. The van der Waals surface area contributed by atoms with Gasteiger partial charge in [-0.3, -0.25) is 4.98 Å². The first-order chi connectivity index (χ1) is 5.70. The summed E-state index contributed by atoms with van der Waals surface area (Å²) in [6.45, 7) is 0. The van der Waals surface area contributed by atoms with E-state index in [2.05, 4.69) is 4.98 Å². The highest BCUT2D eigenvalue weighted by molar-refractivity contribution is 5.89. The van der Waals surface area contributed by atoms with E-state index in [1.165, 1.54) is 12.4 Å². The van der Waals surface area contributed by atoms with Gasteiger partial charge in [-0.15, -0.1) is 0 Å². The van der Waals surface area contributed by atoms with Crippen molar-refractivity contribution in [2.24, 2.45) is 0 Å². The second-order valence-electron chi connectivity index (χ2n) is 2.12. The van der Waals surface area contributed by atoms with Crippen LogP contribution in [0.3, 0.4) is 0 Å². The summed E-state index contributed by atoms with van der Waals surface area (Å²) >= 11 is 0. The Labute approximate surface area is 68.8 Å². The van der Waals surface area contributed by atoms with Crippen molar-refractivity contribution in [1.82, 2.24) is 4.98 Å². The van der Waals surface area contributed by atoms with Crippen LogP contribution < -0.4 is 0 Å². The first kappa shape index (κ1) is 8.26. The molecule has 0 aromatic carbocycles. The quantitative estimate of drug-likeness (QED) is 0.507. The molecule has 0 saturated carbocycles. The van der Waals surface area contributed by atoms with Crippen LogP contribution in [0.1, 0.15) is 5.56 Å². The highest BCUT2D eigenvalue weighted by Gasteiger charge is 2.02. The molecule has 12 heavy (non-hydrogen) atoms. The third-order valence-corrected chi connectivity index (χ3v) is 1.23. The summed E-state index contributed by atoms with van der Waals surface area (Å²) in [6, 6.07) is 3.19. The monoisotopic (exact) mass is 165 g/mol. The van der Waals surface area contributed by atoms with Crippen LogP contribution in [0.5, 0.6) is 0 Å². The SMILES string of the molecule is O=C(O)C(O)=Cc1ccncc1. The maximum atomic E-state index is 10.2. The van der Waals surface area contributed by atoms with Crippen molar-refractivity contribution in [2.75, 3.05) is 0 Å². The molecule has 2 N–H and O–H groups in total. The number of carboxylic acid groups (broad SMARTS) is 1. The maximum Gasteiger partial charge on any atom is 0.370 e. The van der Waals surface area contributed by atoms with E-state index in [9.17, 15) is 4.79 Å². The Kier molecular flexibility index (Phi) is 2.42. The number of pyridine rings is 1. The number of nitrogens with zero attached hydrogens (tertiary/aromatic N) is 1. The van der Waals surface area contributed by atoms with E-state index < -0.39 is 11.7 Å². The Bertz CT molecular complexity index is 305. The molecule has 0 aliphatic carbocycles. The van der Waals surface area contributed by atoms with Crippen LogP contribution in [0.2, 0.25) is 0 Å². The molecule has 4 nitrogen and oxygen atoms in total. The predicted octanol–water partition coefficient (Wildman–Crippen LogP) is 1.07. The fourth-order valence-electron chi connectivity index (χ4n) is 0.679. The van der Waals surface area contributed by atoms with Gasteiger partial charge in [0.25, 0.3) is 0 Å². The average Bonchev–Trinajstić information content (AvgIpc) is 2.06. The summed E-state index contributed by atoms with van der Waals surface area (Å²) in [7, 11) is 0.